The first kappa shape index (κ1) is 14.5. The molecule has 1 atom stereocenters. The molecule has 0 amide bonds. The molecule has 2 N–H and O–H groups in total. The highest BCUT2D eigenvalue weighted by molar-refractivity contribution is 6.30. The van der Waals surface area contributed by atoms with E-state index in [-0.39, 0.29) is 6.10 Å². The molecule has 1 aliphatic heterocycles. The highest BCUT2D eigenvalue weighted by Gasteiger charge is 2.20. The molecule has 0 radical (unpaired) electrons. The maximum absolute atomic E-state index is 6.11. The van der Waals surface area contributed by atoms with Crippen LogP contribution in [0.5, 0.6) is 0 Å². The Bertz CT molecular complexity index is 589. The van der Waals surface area contributed by atoms with E-state index in [0.717, 1.165) is 30.9 Å². The predicted octanol–water partition coefficient (Wildman–Crippen LogP) is 1.08. The second-order valence-electron chi connectivity index (χ2n) is 5.08. The zero-order chi connectivity index (χ0) is 14.7. The fourth-order valence-corrected chi connectivity index (χ4v) is 2.69. The van der Waals surface area contributed by atoms with Gasteiger partial charge in [0.25, 0.3) is 0 Å². The molecule has 1 aliphatic rings. The number of hydrogen-bond acceptors (Lipinski definition) is 5. The molecule has 2 aromatic rings. The van der Waals surface area contributed by atoms with Crippen LogP contribution in [0.15, 0.2) is 30.9 Å². The van der Waals surface area contributed by atoms with Gasteiger partial charge in [0.2, 0.25) is 0 Å². The first-order valence-electron chi connectivity index (χ1n) is 6.93. The number of ether oxygens (including phenoxy) is 1. The minimum absolute atomic E-state index is 0.112. The molecular formula is C14H18ClN5O. The molecule has 2 heterocycles. The van der Waals surface area contributed by atoms with Gasteiger partial charge in [-0.1, -0.05) is 17.7 Å². The van der Waals surface area contributed by atoms with Crippen LogP contribution < -0.4 is 5.73 Å². The van der Waals surface area contributed by atoms with Crippen LogP contribution in [0.1, 0.15) is 5.56 Å². The van der Waals surface area contributed by atoms with Gasteiger partial charge < -0.3 is 10.5 Å². The first-order valence-corrected chi connectivity index (χ1v) is 7.31. The molecule has 1 aromatic carbocycles. The third-order valence-corrected chi connectivity index (χ3v) is 3.83. The molecule has 0 bridgehead atoms. The van der Waals surface area contributed by atoms with Crippen molar-refractivity contribution < 1.29 is 4.74 Å². The number of halogens is 1. The Kier molecular flexibility index (Phi) is 4.50. The zero-order valence-corrected chi connectivity index (χ0v) is 12.4. The van der Waals surface area contributed by atoms with E-state index in [2.05, 4.69) is 15.0 Å². The van der Waals surface area contributed by atoms with E-state index < -0.39 is 0 Å². The van der Waals surface area contributed by atoms with E-state index in [1.807, 2.05) is 18.2 Å². The molecule has 7 heteroatoms. The van der Waals surface area contributed by atoms with E-state index >= 15 is 0 Å². The Labute approximate surface area is 128 Å². The van der Waals surface area contributed by atoms with Crippen molar-refractivity contribution >= 4 is 11.6 Å². The second-order valence-corrected chi connectivity index (χ2v) is 5.51. The highest BCUT2D eigenvalue weighted by atomic mass is 35.5. The lowest BCUT2D eigenvalue weighted by Gasteiger charge is -2.32. The van der Waals surface area contributed by atoms with Crippen molar-refractivity contribution in [3.8, 4) is 5.69 Å². The molecular weight excluding hydrogens is 290 g/mol. The molecule has 1 fully saturated rings. The number of hydrogen-bond donors (Lipinski definition) is 1. The van der Waals surface area contributed by atoms with Crippen molar-refractivity contribution in [2.45, 2.75) is 12.6 Å². The minimum atomic E-state index is 0.112. The molecule has 112 valence electrons. The Morgan fingerprint density at radius 2 is 2.33 bits per heavy atom. The van der Waals surface area contributed by atoms with E-state index in [4.69, 9.17) is 22.1 Å². The average Bonchev–Trinajstić information content (AvgIpc) is 3.03. The number of nitrogens with two attached hydrogens (primary N) is 1. The lowest BCUT2D eigenvalue weighted by molar-refractivity contribution is -0.0260. The smallest absolute Gasteiger partial charge is 0.138 e. The monoisotopic (exact) mass is 307 g/mol. The van der Waals surface area contributed by atoms with Gasteiger partial charge in [0.05, 0.1) is 18.4 Å². The highest BCUT2D eigenvalue weighted by Crippen LogP contribution is 2.21. The predicted molar refractivity (Wildman–Crippen MR) is 80.4 cm³/mol. The summed E-state index contributed by atoms with van der Waals surface area (Å²) in [6, 6.07) is 5.84. The molecule has 6 nitrogen and oxygen atoms in total. The summed E-state index contributed by atoms with van der Waals surface area (Å²) in [6.45, 7) is 3.82. The molecule has 1 saturated heterocycles. The Morgan fingerprint density at radius 3 is 3.10 bits per heavy atom. The number of aromatic nitrogens is 3. The van der Waals surface area contributed by atoms with E-state index in [1.165, 1.54) is 6.33 Å². The van der Waals surface area contributed by atoms with E-state index in [1.54, 1.807) is 11.0 Å². The van der Waals surface area contributed by atoms with Gasteiger partial charge in [-0.25, -0.2) is 9.67 Å². The van der Waals surface area contributed by atoms with Crippen LogP contribution in [0.2, 0.25) is 5.02 Å². The van der Waals surface area contributed by atoms with E-state index in [9.17, 15) is 0 Å². The molecule has 3 rings (SSSR count). The van der Waals surface area contributed by atoms with Gasteiger partial charge in [-0.3, -0.25) is 4.90 Å². The van der Waals surface area contributed by atoms with Crippen LogP contribution in [0.25, 0.3) is 5.69 Å². The molecule has 21 heavy (non-hydrogen) atoms. The van der Waals surface area contributed by atoms with Gasteiger partial charge in [0.15, 0.2) is 0 Å². The topological polar surface area (TPSA) is 69.2 Å². The second kappa shape index (κ2) is 6.53. The largest absolute Gasteiger partial charge is 0.374 e. The summed E-state index contributed by atoms with van der Waals surface area (Å²) in [5.74, 6) is 0. The fraction of sp³-hybridized carbons (Fsp3) is 0.429. The maximum Gasteiger partial charge on any atom is 0.138 e. The lowest BCUT2D eigenvalue weighted by atomic mass is 10.1. The van der Waals surface area contributed by atoms with Crippen LogP contribution in [-0.4, -0.2) is 52.0 Å². The van der Waals surface area contributed by atoms with Gasteiger partial charge in [0, 0.05) is 31.2 Å². The van der Waals surface area contributed by atoms with Crippen LogP contribution in [0, 0.1) is 0 Å². The van der Waals surface area contributed by atoms with Crippen molar-refractivity contribution in [3.63, 3.8) is 0 Å². The third kappa shape index (κ3) is 3.41. The molecule has 1 aromatic heterocycles. The SMILES string of the molecule is NCC1CN(Cc2ccc(Cl)cc2-n2cncn2)CCO1. The minimum Gasteiger partial charge on any atom is -0.374 e. The number of benzene rings is 1. The molecule has 0 spiro atoms. The summed E-state index contributed by atoms with van der Waals surface area (Å²) in [5, 5.41) is 4.88. The number of morpholine rings is 1. The molecule has 0 saturated carbocycles. The van der Waals surface area contributed by atoms with Gasteiger partial charge in [-0.05, 0) is 17.7 Å². The summed E-state index contributed by atoms with van der Waals surface area (Å²) >= 11 is 6.11. The molecule has 0 aliphatic carbocycles. The summed E-state index contributed by atoms with van der Waals surface area (Å²) in [4.78, 5) is 6.34. The van der Waals surface area contributed by atoms with Crippen molar-refractivity contribution in [2.75, 3.05) is 26.2 Å². The van der Waals surface area contributed by atoms with Gasteiger partial charge >= 0.3 is 0 Å². The van der Waals surface area contributed by atoms with Crippen LogP contribution in [-0.2, 0) is 11.3 Å². The number of nitrogens with zero attached hydrogens (tertiary/aromatic N) is 4. The lowest BCUT2D eigenvalue weighted by Crippen LogP contribution is -2.45. The maximum atomic E-state index is 6.11. The van der Waals surface area contributed by atoms with Crippen molar-refractivity contribution in [3.05, 3.63) is 41.4 Å². The van der Waals surface area contributed by atoms with Crippen LogP contribution in [0.3, 0.4) is 0 Å². The van der Waals surface area contributed by atoms with Crippen LogP contribution >= 0.6 is 11.6 Å². The standard InChI is InChI=1S/C14H18ClN5O/c15-12-2-1-11(14(5-12)20-10-17-9-18-20)7-19-3-4-21-13(6-16)8-19/h1-2,5,9-10,13H,3-4,6-8,16H2. The third-order valence-electron chi connectivity index (χ3n) is 3.59. The van der Waals surface area contributed by atoms with Gasteiger partial charge in [0.1, 0.15) is 12.7 Å². The summed E-state index contributed by atoms with van der Waals surface area (Å²) in [7, 11) is 0. The quantitative estimate of drug-likeness (QED) is 0.915. The Hall–Kier alpha value is -1.47. The van der Waals surface area contributed by atoms with Gasteiger partial charge in [-0.15, -0.1) is 0 Å². The van der Waals surface area contributed by atoms with E-state index in [0.29, 0.717) is 18.2 Å². The zero-order valence-electron chi connectivity index (χ0n) is 11.7. The Morgan fingerprint density at radius 1 is 1.43 bits per heavy atom. The first-order chi connectivity index (χ1) is 10.3. The Balaban J connectivity index is 1.82. The van der Waals surface area contributed by atoms with Crippen LogP contribution in [0.4, 0.5) is 0 Å². The molecule has 1 unspecified atom stereocenters. The van der Waals surface area contributed by atoms with Gasteiger partial charge in [-0.2, -0.15) is 5.10 Å². The van der Waals surface area contributed by atoms with Crippen molar-refractivity contribution in [1.29, 1.82) is 0 Å². The van der Waals surface area contributed by atoms with Crippen molar-refractivity contribution in [2.24, 2.45) is 5.73 Å². The fourth-order valence-electron chi connectivity index (χ4n) is 2.52. The summed E-state index contributed by atoms with van der Waals surface area (Å²) in [6.07, 6.45) is 3.31. The normalized spacial score (nSPS) is 19.8. The number of rotatable bonds is 4. The van der Waals surface area contributed by atoms with Crippen molar-refractivity contribution in [1.82, 2.24) is 19.7 Å². The summed E-state index contributed by atoms with van der Waals surface area (Å²) in [5.41, 5.74) is 7.80. The summed E-state index contributed by atoms with van der Waals surface area (Å²) < 4.78 is 7.34. The average molecular weight is 308 g/mol.